The molecule has 29 heavy (non-hydrogen) atoms. The number of sulfonamides is 1. The van der Waals surface area contributed by atoms with Gasteiger partial charge in [0.1, 0.15) is 12.7 Å². The summed E-state index contributed by atoms with van der Waals surface area (Å²) in [7, 11) is -3.47. The average molecular weight is 420 g/mol. The molecule has 0 fully saturated rings. The fourth-order valence-electron chi connectivity index (χ4n) is 2.58. The van der Waals surface area contributed by atoms with Crippen LogP contribution < -0.4 is 19.5 Å². The van der Waals surface area contributed by atoms with Gasteiger partial charge >= 0.3 is 5.97 Å². The lowest BCUT2D eigenvalue weighted by Gasteiger charge is -2.26. The van der Waals surface area contributed by atoms with Gasteiger partial charge in [-0.2, -0.15) is 0 Å². The average Bonchev–Trinajstić information content (AvgIpc) is 2.69. The number of esters is 1. The summed E-state index contributed by atoms with van der Waals surface area (Å²) in [4.78, 5) is 24.0. The SMILES string of the molecule is CS(=O)(=O)Nc1cccc(C(=O)OCC(=O)NC[C@@H]2COc3ccccc3O2)c1. The van der Waals surface area contributed by atoms with Gasteiger partial charge in [-0.15, -0.1) is 0 Å². The maximum Gasteiger partial charge on any atom is 0.338 e. The monoisotopic (exact) mass is 420 g/mol. The topological polar surface area (TPSA) is 120 Å². The van der Waals surface area contributed by atoms with Crippen LogP contribution in [0.3, 0.4) is 0 Å². The number of hydrogen-bond acceptors (Lipinski definition) is 7. The molecule has 1 atom stereocenters. The van der Waals surface area contributed by atoms with Crippen molar-refractivity contribution in [1.29, 1.82) is 0 Å². The minimum Gasteiger partial charge on any atom is -0.486 e. The van der Waals surface area contributed by atoms with Gasteiger partial charge in [-0.25, -0.2) is 13.2 Å². The van der Waals surface area contributed by atoms with Gasteiger partial charge in [0.15, 0.2) is 18.1 Å². The van der Waals surface area contributed by atoms with E-state index in [1.54, 1.807) is 12.1 Å². The maximum absolute atomic E-state index is 12.1. The van der Waals surface area contributed by atoms with E-state index < -0.39 is 28.5 Å². The summed E-state index contributed by atoms with van der Waals surface area (Å²) >= 11 is 0. The van der Waals surface area contributed by atoms with E-state index in [1.807, 2.05) is 12.1 Å². The lowest BCUT2D eigenvalue weighted by atomic mass is 10.2. The first-order valence-electron chi connectivity index (χ1n) is 8.70. The van der Waals surface area contributed by atoms with Gasteiger partial charge in [-0.1, -0.05) is 18.2 Å². The number of anilines is 1. The molecule has 0 unspecified atom stereocenters. The number of carbonyl (C=O) groups is 2. The third-order valence-electron chi connectivity index (χ3n) is 3.83. The lowest BCUT2D eigenvalue weighted by Crippen LogP contribution is -2.42. The highest BCUT2D eigenvalue weighted by atomic mass is 32.2. The highest BCUT2D eigenvalue weighted by Gasteiger charge is 2.21. The third kappa shape index (κ3) is 6.11. The molecule has 0 spiro atoms. The summed E-state index contributed by atoms with van der Waals surface area (Å²) in [5, 5.41) is 2.62. The van der Waals surface area contributed by atoms with Gasteiger partial charge in [0.05, 0.1) is 18.4 Å². The Labute approximate surface area is 168 Å². The van der Waals surface area contributed by atoms with Crippen molar-refractivity contribution in [3.8, 4) is 11.5 Å². The van der Waals surface area contributed by atoms with Crippen LogP contribution >= 0.6 is 0 Å². The molecule has 9 nitrogen and oxygen atoms in total. The molecule has 0 aromatic heterocycles. The van der Waals surface area contributed by atoms with Gasteiger partial charge in [-0.05, 0) is 30.3 Å². The molecule has 0 radical (unpaired) electrons. The van der Waals surface area contributed by atoms with E-state index in [9.17, 15) is 18.0 Å². The van der Waals surface area contributed by atoms with Crippen molar-refractivity contribution < 1.29 is 32.2 Å². The molecular weight excluding hydrogens is 400 g/mol. The van der Waals surface area contributed by atoms with Crippen molar-refractivity contribution >= 4 is 27.6 Å². The second kappa shape index (κ2) is 8.82. The molecule has 0 saturated heterocycles. The van der Waals surface area contributed by atoms with Crippen molar-refractivity contribution in [2.24, 2.45) is 0 Å². The van der Waals surface area contributed by atoms with E-state index in [1.165, 1.54) is 24.3 Å². The molecule has 3 rings (SSSR count). The predicted octanol–water partition coefficient (Wildman–Crippen LogP) is 1.17. The zero-order valence-electron chi connectivity index (χ0n) is 15.6. The summed E-state index contributed by atoms with van der Waals surface area (Å²) in [6, 6.07) is 13.0. The van der Waals surface area contributed by atoms with Crippen LogP contribution in [0.5, 0.6) is 11.5 Å². The molecule has 1 aliphatic heterocycles. The quantitative estimate of drug-likeness (QED) is 0.645. The number of carbonyl (C=O) groups excluding carboxylic acids is 2. The summed E-state index contributed by atoms with van der Waals surface area (Å²) in [6.07, 6.45) is 0.644. The molecule has 0 aliphatic carbocycles. The number of fused-ring (bicyclic) bond motifs is 1. The Morgan fingerprint density at radius 3 is 2.66 bits per heavy atom. The number of amides is 1. The second-order valence-corrected chi connectivity index (χ2v) is 8.08. The van der Waals surface area contributed by atoms with Crippen LogP contribution in [0.4, 0.5) is 5.69 Å². The molecule has 0 bridgehead atoms. The molecule has 1 aliphatic rings. The zero-order chi connectivity index (χ0) is 20.9. The van der Waals surface area contributed by atoms with E-state index in [2.05, 4.69) is 10.0 Å². The molecular formula is C19H20N2O7S. The number of nitrogens with one attached hydrogen (secondary N) is 2. The highest BCUT2D eigenvalue weighted by molar-refractivity contribution is 7.92. The molecule has 10 heteroatoms. The van der Waals surface area contributed by atoms with E-state index in [0.717, 1.165) is 6.26 Å². The van der Waals surface area contributed by atoms with E-state index in [0.29, 0.717) is 11.5 Å². The van der Waals surface area contributed by atoms with Gasteiger partial charge < -0.3 is 19.5 Å². The normalized spacial score (nSPS) is 15.3. The van der Waals surface area contributed by atoms with Crippen LogP contribution in [-0.2, 0) is 19.6 Å². The summed E-state index contributed by atoms with van der Waals surface area (Å²) in [5.74, 6) is 0.0123. The molecule has 2 aromatic rings. The fourth-order valence-corrected chi connectivity index (χ4v) is 3.14. The molecule has 2 N–H and O–H groups in total. The Bertz CT molecular complexity index is 1010. The van der Waals surface area contributed by atoms with Crippen LogP contribution in [0.1, 0.15) is 10.4 Å². The Morgan fingerprint density at radius 2 is 1.90 bits per heavy atom. The molecule has 1 heterocycles. The van der Waals surface area contributed by atoms with Gasteiger partial charge in [0.2, 0.25) is 10.0 Å². The Morgan fingerprint density at radius 1 is 1.14 bits per heavy atom. The maximum atomic E-state index is 12.1. The Kier molecular flexibility index (Phi) is 6.23. The summed E-state index contributed by atoms with van der Waals surface area (Å²) in [5.41, 5.74) is 0.341. The van der Waals surface area contributed by atoms with Crippen molar-refractivity contribution in [3.63, 3.8) is 0 Å². The number of ether oxygens (including phenoxy) is 3. The van der Waals surface area contributed by atoms with Crippen LogP contribution in [-0.4, -0.2) is 52.4 Å². The molecule has 2 aromatic carbocycles. The predicted molar refractivity (Wildman–Crippen MR) is 105 cm³/mol. The first-order chi connectivity index (χ1) is 13.8. The van der Waals surface area contributed by atoms with E-state index >= 15 is 0 Å². The Balaban J connectivity index is 1.45. The lowest BCUT2D eigenvalue weighted by molar-refractivity contribution is -0.124. The van der Waals surface area contributed by atoms with Crippen LogP contribution in [0.2, 0.25) is 0 Å². The number of benzene rings is 2. The van der Waals surface area contributed by atoms with Crippen LogP contribution in [0.15, 0.2) is 48.5 Å². The second-order valence-electron chi connectivity index (χ2n) is 6.33. The first-order valence-corrected chi connectivity index (χ1v) is 10.6. The van der Waals surface area contributed by atoms with E-state index in [4.69, 9.17) is 14.2 Å². The number of para-hydroxylation sites is 2. The zero-order valence-corrected chi connectivity index (χ0v) is 16.4. The first kappa shape index (κ1) is 20.5. The molecule has 154 valence electrons. The highest BCUT2D eigenvalue weighted by Crippen LogP contribution is 2.30. The van der Waals surface area contributed by atoms with Crippen LogP contribution in [0, 0.1) is 0 Å². The van der Waals surface area contributed by atoms with Crippen molar-refractivity contribution in [3.05, 3.63) is 54.1 Å². The number of hydrogen-bond donors (Lipinski definition) is 2. The van der Waals surface area contributed by atoms with Crippen molar-refractivity contribution in [2.45, 2.75) is 6.10 Å². The fraction of sp³-hybridized carbons (Fsp3) is 0.263. The van der Waals surface area contributed by atoms with Crippen LogP contribution in [0.25, 0.3) is 0 Å². The smallest absolute Gasteiger partial charge is 0.338 e. The standard InChI is InChI=1S/C19H20N2O7S/c1-29(24,25)21-14-6-4-5-13(9-14)19(23)27-12-18(22)20-10-15-11-26-16-7-2-3-8-17(16)28-15/h2-9,15,21H,10-12H2,1H3,(H,20,22)/t15-/m1/s1. The summed E-state index contributed by atoms with van der Waals surface area (Å²) in [6.45, 7) is 0.00240. The van der Waals surface area contributed by atoms with Crippen molar-refractivity contribution in [2.75, 3.05) is 30.7 Å². The summed E-state index contributed by atoms with van der Waals surface area (Å²) < 4.78 is 41.1. The third-order valence-corrected chi connectivity index (χ3v) is 4.44. The van der Waals surface area contributed by atoms with Gasteiger partial charge in [0.25, 0.3) is 5.91 Å². The molecule has 0 saturated carbocycles. The van der Waals surface area contributed by atoms with Gasteiger partial charge in [0, 0.05) is 5.69 Å². The number of rotatable bonds is 7. The minimum atomic E-state index is -3.47. The Hall–Kier alpha value is -3.27. The van der Waals surface area contributed by atoms with Crippen molar-refractivity contribution in [1.82, 2.24) is 5.32 Å². The minimum absolute atomic E-state index is 0.118. The van der Waals surface area contributed by atoms with E-state index in [-0.39, 0.29) is 30.5 Å². The van der Waals surface area contributed by atoms with Gasteiger partial charge in [-0.3, -0.25) is 9.52 Å². The molecule has 1 amide bonds. The largest absolute Gasteiger partial charge is 0.486 e.